The number of benzene rings is 1. The van der Waals surface area contributed by atoms with Crippen LogP contribution >= 0.6 is 11.6 Å². The summed E-state index contributed by atoms with van der Waals surface area (Å²) in [6.07, 6.45) is -16.6. The third-order valence-corrected chi connectivity index (χ3v) is 2.50. The standard InChI is InChI=1S/C10H2ClF9O/c11-5-2-3(8(12,13)14)1-4(6(5)9(15,16)17)7(21)10(18,19)20/h1-2H. The van der Waals surface area contributed by atoms with Gasteiger partial charge in [-0.05, 0) is 12.1 Å². The van der Waals surface area contributed by atoms with Gasteiger partial charge in [-0.2, -0.15) is 39.5 Å². The molecule has 0 bridgehead atoms. The minimum atomic E-state index is -5.78. The Morgan fingerprint density at radius 3 is 1.67 bits per heavy atom. The summed E-state index contributed by atoms with van der Waals surface area (Å²) in [5, 5.41) is -1.65. The molecular formula is C10H2ClF9O. The first-order valence-corrected chi connectivity index (χ1v) is 5.13. The first-order valence-electron chi connectivity index (χ1n) is 4.75. The molecule has 0 amide bonds. The lowest BCUT2D eigenvalue weighted by Crippen LogP contribution is -2.27. The van der Waals surface area contributed by atoms with E-state index in [1.54, 1.807) is 0 Å². The molecule has 1 rings (SSSR count). The zero-order chi connectivity index (χ0) is 16.8. The fourth-order valence-corrected chi connectivity index (χ4v) is 1.72. The van der Waals surface area contributed by atoms with Crippen LogP contribution in [0.25, 0.3) is 0 Å². The molecule has 1 nitrogen and oxygen atoms in total. The van der Waals surface area contributed by atoms with Crippen LogP contribution in [0, 0.1) is 0 Å². The summed E-state index contributed by atoms with van der Waals surface area (Å²) in [4.78, 5) is 10.9. The van der Waals surface area contributed by atoms with Crippen molar-refractivity contribution in [3.05, 3.63) is 33.8 Å². The Hall–Kier alpha value is -1.45. The largest absolute Gasteiger partial charge is 0.454 e. The van der Waals surface area contributed by atoms with Crippen molar-refractivity contribution >= 4 is 17.4 Å². The van der Waals surface area contributed by atoms with Gasteiger partial charge in [0.05, 0.1) is 16.1 Å². The summed E-state index contributed by atoms with van der Waals surface area (Å²) < 4.78 is 112. The zero-order valence-corrected chi connectivity index (χ0v) is 10.1. The van der Waals surface area contributed by atoms with E-state index in [1.807, 2.05) is 0 Å². The van der Waals surface area contributed by atoms with E-state index in [0.717, 1.165) is 0 Å². The van der Waals surface area contributed by atoms with E-state index < -0.39 is 52.1 Å². The van der Waals surface area contributed by atoms with Crippen molar-refractivity contribution in [2.45, 2.75) is 18.5 Å². The Labute approximate surface area is 115 Å². The van der Waals surface area contributed by atoms with Gasteiger partial charge < -0.3 is 0 Å². The van der Waals surface area contributed by atoms with E-state index in [4.69, 9.17) is 11.6 Å². The Kier molecular flexibility index (Phi) is 4.25. The van der Waals surface area contributed by atoms with Gasteiger partial charge in [0.25, 0.3) is 5.78 Å². The van der Waals surface area contributed by atoms with Gasteiger partial charge in [0.2, 0.25) is 0 Å². The SMILES string of the molecule is O=C(c1cc(C(F)(F)F)cc(Cl)c1C(F)(F)F)C(F)(F)F. The van der Waals surface area contributed by atoms with Crippen LogP contribution in [0.3, 0.4) is 0 Å². The number of carbonyl (C=O) groups is 1. The van der Waals surface area contributed by atoms with Gasteiger partial charge in [0.15, 0.2) is 0 Å². The van der Waals surface area contributed by atoms with Crippen LogP contribution in [-0.2, 0) is 12.4 Å². The van der Waals surface area contributed by atoms with Crippen molar-refractivity contribution in [2.24, 2.45) is 0 Å². The van der Waals surface area contributed by atoms with Crippen molar-refractivity contribution in [3.8, 4) is 0 Å². The van der Waals surface area contributed by atoms with Gasteiger partial charge in [0, 0.05) is 5.56 Å². The molecule has 0 aliphatic heterocycles. The second kappa shape index (κ2) is 5.08. The lowest BCUT2D eigenvalue weighted by atomic mass is 9.99. The van der Waals surface area contributed by atoms with Crippen molar-refractivity contribution in [1.82, 2.24) is 0 Å². The highest BCUT2D eigenvalue weighted by Gasteiger charge is 2.47. The van der Waals surface area contributed by atoms with Gasteiger partial charge in [-0.25, -0.2) is 0 Å². The molecule has 0 atom stereocenters. The minimum Gasteiger partial charge on any atom is -0.284 e. The molecule has 0 saturated heterocycles. The van der Waals surface area contributed by atoms with Crippen molar-refractivity contribution in [2.75, 3.05) is 0 Å². The Morgan fingerprint density at radius 1 is 0.857 bits per heavy atom. The first kappa shape index (κ1) is 17.6. The highest BCUT2D eigenvalue weighted by atomic mass is 35.5. The van der Waals surface area contributed by atoms with Crippen molar-refractivity contribution < 1.29 is 44.3 Å². The maximum absolute atomic E-state index is 12.6. The fraction of sp³-hybridized carbons (Fsp3) is 0.300. The van der Waals surface area contributed by atoms with Gasteiger partial charge in [-0.3, -0.25) is 4.79 Å². The molecule has 0 N–H and O–H groups in total. The average molecular weight is 345 g/mol. The number of hydrogen-bond donors (Lipinski definition) is 0. The van der Waals surface area contributed by atoms with Crippen LogP contribution in [0.5, 0.6) is 0 Å². The molecule has 118 valence electrons. The van der Waals surface area contributed by atoms with Crippen LogP contribution in [-0.4, -0.2) is 12.0 Å². The van der Waals surface area contributed by atoms with E-state index >= 15 is 0 Å². The van der Waals surface area contributed by atoms with E-state index in [1.165, 1.54) is 0 Å². The highest BCUT2D eigenvalue weighted by Crippen LogP contribution is 2.42. The van der Waals surface area contributed by atoms with E-state index in [2.05, 4.69) is 0 Å². The number of ketones is 1. The summed E-state index contributed by atoms with van der Waals surface area (Å²) in [6.45, 7) is 0. The molecular weight excluding hydrogens is 343 g/mol. The maximum Gasteiger partial charge on any atom is 0.454 e. The van der Waals surface area contributed by atoms with Crippen LogP contribution in [0.15, 0.2) is 12.1 Å². The molecule has 0 spiro atoms. The van der Waals surface area contributed by atoms with Gasteiger partial charge in [0.1, 0.15) is 0 Å². The zero-order valence-electron chi connectivity index (χ0n) is 9.34. The van der Waals surface area contributed by atoms with Gasteiger partial charge >= 0.3 is 18.5 Å². The minimum absolute atomic E-state index is 0.197. The van der Waals surface area contributed by atoms with Crippen LogP contribution in [0.2, 0.25) is 5.02 Å². The molecule has 21 heavy (non-hydrogen) atoms. The highest BCUT2D eigenvalue weighted by molar-refractivity contribution is 6.32. The number of alkyl halides is 9. The summed E-state index contributed by atoms with van der Waals surface area (Å²) in [7, 11) is 0. The molecule has 0 heterocycles. The number of rotatable bonds is 1. The van der Waals surface area contributed by atoms with Gasteiger partial charge in [-0.1, -0.05) is 11.6 Å². The molecule has 0 aromatic heterocycles. The molecule has 1 aromatic carbocycles. The lowest BCUT2D eigenvalue weighted by molar-refractivity contribution is -0.142. The number of hydrogen-bond acceptors (Lipinski definition) is 1. The number of halogens is 10. The Morgan fingerprint density at radius 2 is 1.33 bits per heavy atom. The monoisotopic (exact) mass is 344 g/mol. The summed E-state index contributed by atoms with van der Waals surface area (Å²) >= 11 is 4.98. The fourth-order valence-electron chi connectivity index (χ4n) is 1.39. The molecule has 0 saturated carbocycles. The van der Waals surface area contributed by atoms with E-state index in [-0.39, 0.29) is 6.07 Å². The predicted octanol–water partition coefficient (Wildman–Crippen LogP) is 5.12. The first-order chi connectivity index (χ1) is 9.15. The smallest absolute Gasteiger partial charge is 0.284 e. The Balaban J connectivity index is 3.72. The van der Waals surface area contributed by atoms with E-state index in [9.17, 15) is 44.3 Å². The number of Topliss-reactive ketones (excluding diaryl/α,β-unsaturated/α-hetero) is 1. The average Bonchev–Trinajstić information content (AvgIpc) is 2.22. The summed E-state index contributed by atoms with van der Waals surface area (Å²) in [5.41, 5.74) is -6.36. The second-order valence-corrected chi connectivity index (χ2v) is 4.11. The molecule has 11 heteroatoms. The Bertz CT molecular complexity index is 568. The lowest BCUT2D eigenvalue weighted by Gasteiger charge is -2.17. The molecule has 0 unspecified atom stereocenters. The quantitative estimate of drug-likeness (QED) is 0.510. The van der Waals surface area contributed by atoms with Crippen LogP contribution in [0.4, 0.5) is 39.5 Å². The summed E-state index contributed by atoms with van der Waals surface area (Å²) in [6, 6.07) is -0.720. The topological polar surface area (TPSA) is 17.1 Å². The van der Waals surface area contributed by atoms with Crippen molar-refractivity contribution in [1.29, 1.82) is 0 Å². The van der Waals surface area contributed by atoms with Crippen LogP contribution < -0.4 is 0 Å². The van der Waals surface area contributed by atoms with Crippen LogP contribution in [0.1, 0.15) is 21.5 Å². The molecule has 0 radical (unpaired) electrons. The molecule has 0 aliphatic rings. The van der Waals surface area contributed by atoms with E-state index in [0.29, 0.717) is 0 Å². The third kappa shape index (κ3) is 3.80. The normalized spacial score (nSPS) is 13.4. The molecule has 0 aliphatic carbocycles. The third-order valence-electron chi connectivity index (χ3n) is 2.20. The van der Waals surface area contributed by atoms with Gasteiger partial charge in [-0.15, -0.1) is 0 Å². The van der Waals surface area contributed by atoms with Crippen molar-refractivity contribution in [3.63, 3.8) is 0 Å². The molecule has 0 fully saturated rings. The second-order valence-electron chi connectivity index (χ2n) is 3.70. The summed E-state index contributed by atoms with van der Waals surface area (Å²) in [5.74, 6) is -3.07. The number of carbonyl (C=O) groups excluding carboxylic acids is 1. The maximum atomic E-state index is 12.6. The predicted molar refractivity (Wildman–Crippen MR) is 51.8 cm³/mol. The molecule has 1 aromatic rings.